The van der Waals surface area contributed by atoms with E-state index in [0.717, 1.165) is 142 Å². The molecule has 6 aromatic heterocycles. The van der Waals surface area contributed by atoms with Crippen LogP contribution in [-0.2, 0) is 21.7 Å². The summed E-state index contributed by atoms with van der Waals surface area (Å²) in [6.45, 7) is 28.4. The SMILES string of the molecule is COc1ccccc1/C(=C1/N=C(c2ccc(C(C)(C)C)cc2)C=C1c1ccc(C(C)(C)C)cc1)c1c(-c2ccc(C(C)(C)C)cc2)cc(-c2ccc(C(C)(C)C)cc2)n1B(F)F.Cc1ccc2c(c1)c1ccc3c4ccccc4sc3c1n2-c1c(C#N)c(-n2c3ccccc3c3ccccc32)c(-n2c3ccccc3c3ccccc32)c(C#N)c1-n1c2ccccc2c2ccccc21. The lowest BCUT2D eigenvalue weighted by atomic mass is 9.84. The molecule has 0 saturated heterocycles. The number of hydrogen-bond acceptors (Lipinski definition) is 5. The molecule has 1 aliphatic rings. The van der Waals surface area contributed by atoms with E-state index in [1.807, 2.05) is 42.5 Å². The molecule has 0 spiro atoms. The van der Waals surface area contributed by atoms with Gasteiger partial charge in [0.15, 0.2) is 0 Å². The average Bonchev–Trinajstić information content (AvgIpc) is 1.51. The van der Waals surface area contributed by atoms with Crippen molar-refractivity contribution in [2.75, 3.05) is 7.11 Å². The highest BCUT2D eigenvalue weighted by atomic mass is 32.1. The van der Waals surface area contributed by atoms with Crippen molar-refractivity contribution in [1.29, 1.82) is 10.5 Å². The molecule has 21 aromatic rings. The maximum Gasteiger partial charge on any atom is 0.678 e. The van der Waals surface area contributed by atoms with Crippen molar-refractivity contribution in [2.45, 2.75) is 112 Å². The maximum atomic E-state index is 16.4. The highest BCUT2D eigenvalue weighted by Gasteiger charge is 2.39. The molecule has 0 amide bonds. The van der Waals surface area contributed by atoms with Crippen molar-refractivity contribution in [3.63, 3.8) is 0 Å². The molecule has 0 bridgehead atoms. The minimum Gasteiger partial charge on any atom is -0.496 e. The van der Waals surface area contributed by atoms with Gasteiger partial charge < -0.3 is 27.5 Å². The van der Waals surface area contributed by atoms with Crippen LogP contribution in [0.1, 0.15) is 144 Å². The Bertz CT molecular complexity index is 8350. The number of halogens is 2. The van der Waals surface area contributed by atoms with E-state index < -0.39 is 7.40 Å². The number of hydrogen-bond donors (Lipinski definition) is 0. The molecule has 132 heavy (non-hydrogen) atoms. The fourth-order valence-electron chi connectivity index (χ4n) is 20.1. The van der Waals surface area contributed by atoms with Gasteiger partial charge >= 0.3 is 7.40 Å². The second kappa shape index (κ2) is 31.9. The number of thiophene rings is 1. The first-order valence-electron chi connectivity index (χ1n) is 45.2. The fourth-order valence-corrected chi connectivity index (χ4v) is 21.3. The van der Waals surface area contributed by atoms with Gasteiger partial charge in [0.1, 0.15) is 29.0 Å². The van der Waals surface area contributed by atoms with E-state index in [-0.39, 0.29) is 21.7 Å². The summed E-state index contributed by atoms with van der Waals surface area (Å²) < 4.78 is 51.6. The largest absolute Gasteiger partial charge is 0.678 e. The highest BCUT2D eigenvalue weighted by Crippen LogP contribution is 2.54. The van der Waals surface area contributed by atoms with E-state index in [1.54, 1.807) is 18.4 Å². The average molecular weight is 1740 g/mol. The molecule has 642 valence electrons. The molecule has 0 aliphatic carbocycles. The van der Waals surface area contributed by atoms with Gasteiger partial charge in [-0.15, -0.1) is 11.3 Å². The van der Waals surface area contributed by atoms with Crippen LogP contribution in [0.2, 0.25) is 0 Å². The third kappa shape index (κ3) is 13.8. The van der Waals surface area contributed by atoms with Gasteiger partial charge in [0.2, 0.25) is 0 Å². The summed E-state index contributed by atoms with van der Waals surface area (Å²) in [6.07, 6.45) is 2.11. The number of fused-ring (bicyclic) bond motifs is 16. The van der Waals surface area contributed by atoms with E-state index in [1.165, 1.54) is 25.7 Å². The first-order valence-corrected chi connectivity index (χ1v) is 46.0. The Labute approximate surface area is 771 Å². The molecule has 9 nitrogen and oxygen atoms in total. The Morgan fingerprint density at radius 1 is 0.371 bits per heavy atom. The highest BCUT2D eigenvalue weighted by molar-refractivity contribution is 7.26. The van der Waals surface area contributed by atoms with Crippen LogP contribution < -0.4 is 4.74 Å². The third-order valence-electron chi connectivity index (χ3n) is 26.7. The third-order valence-corrected chi connectivity index (χ3v) is 27.9. The molecule has 22 rings (SSSR count). The van der Waals surface area contributed by atoms with E-state index in [0.29, 0.717) is 79.0 Å². The van der Waals surface area contributed by atoms with Gasteiger partial charge in [-0.25, -0.2) is 4.99 Å². The van der Waals surface area contributed by atoms with Crippen LogP contribution in [0.3, 0.4) is 0 Å². The van der Waals surface area contributed by atoms with Crippen LogP contribution in [0.25, 0.3) is 164 Å². The van der Waals surface area contributed by atoms with Crippen molar-refractivity contribution in [3.05, 3.63) is 401 Å². The summed E-state index contributed by atoms with van der Waals surface area (Å²) in [5, 5.41) is 36.0. The Balaban J connectivity index is 0.000000161. The van der Waals surface area contributed by atoms with Gasteiger partial charge in [-0.1, -0.05) is 350 Å². The zero-order valence-corrected chi connectivity index (χ0v) is 77.3. The zero-order chi connectivity index (χ0) is 91.3. The molecule has 13 heteroatoms. The van der Waals surface area contributed by atoms with Gasteiger partial charge in [-0.2, -0.15) is 10.5 Å². The molecule has 7 heterocycles. The van der Waals surface area contributed by atoms with E-state index in [9.17, 15) is 10.5 Å². The van der Waals surface area contributed by atoms with Crippen molar-refractivity contribution in [3.8, 4) is 63.0 Å². The van der Waals surface area contributed by atoms with Crippen LogP contribution >= 0.6 is 11.3 Å². The number of para-hydroxylation sites is 7. The number of rotatable bonds is 12. The molecule has 15 aromatic carbocycles. The summed E-state index contributed by atoms with van der Waals surface area (Å²) in [7, 11) is -1.27. The minimum atomic E-state index is -2.90. The van der Waals surface area contributed by atoms with E-state index >= 15 is 8.63 Å². The number of aromatic nitrogens is 5. The van der Waals surface area contributed by atoms with E-state index in [4.69, 9.17) is 9.73 Å². The molecule has 0 unspecified atom stereocenters. The summed E-state index contributed by atoms with van der Waals surface area (Å²) >= 11 is 1.78. The Kier molecular flexibility index (Phi) is 20.2. The minimum absolute atomic E-state index is 0.0269. The second-order valence-corrected chi connectivity index (χ2v) is 40.0. The van der Waals surface area contributed by atoms with Gasteiger partial charge in [-0.05, 0) is 140 Å². The van der Waals surface area contributed by atoms with Gasteiger partial charge in [0, 0.05) is 92.1 Å². The molecule has 1 aliphatic heterocycles. The number of allylic oxidation sites excluding steroid dienone is 2. The zero-order valence-electron chi connectivity index (χ0n) is 76.5. The first-order chi connectivity index (χ1) is 63.7. The monoisotopic (exact) mass is 1730 g/mol. The van der Waals surface area contributed by atoms with Crippen LogP contribution in [0.5, 0.6) is 5.75 Å². The van der Waals surface area contributed by atoms with Crippen molar-refractivity contribution in [1.82, 2.24) is 22.7 Å². The van der Waals surface area contributed by atoms with Crippen LogP contribution in [0.4, 0.5) is 8.63 Å². The standard InChI is InChI=1S/C63H36N6S.C56H61BF2N2O/c1-37-30-33-56-47(34-37)45-31-32-46-44-22-8-15-29-57(44)70-63(46)62(45)69(56)61-49(36-65)59(67-52-25-11-4-18-40(52)41-19-5-12-26-53(41)67)58(66-50-23-9-2-16-38(50)39-17-3-10-24-51(39)66)48(35-64)60(61)68-54-27-13-6-20-42(54)43-21-7-14-28-55(43)68;1-53(2,3)40-26-18-36(19-27-40)45-34-47(38-22-30-42(31-23-38)55(7,8)9)60-51(45)50(44-16-14-15-17-49(44)62-13)52-46(37-20-28-41(29-21-37)54(4,5)6)35-48(61(52)57(58)59)39-24-32-43(33-25-39)56(10,11)12/h2-34H,1H3;14-35H,1-13H3/b;51-50-. The Morgan fingerprint density at radius 2 is 0.742 bits per heavy atom. The molecule has 0 atom stereocenters. The predicted molar refractivity (Wildman–Crippen MR) is 551 cm³/mol. The van der Waals surface area contributed by atoms with Crippen LogP contribution in [0, 0.1) is 29.6 Å². The smallest absolute Gasteiger partial charge is 0.496 e. The van der Waals surface area contributed by atoms with E-state index in [2.05, 4.69) is 412 Å². The number of nitrogens with zero attached hydrogens (tertiary/aromatic N) is 8. The quantitative estimate of drug-likeness (QED) is 0.114. The molecule has 0 fully saturated rings. The Morgan fingerprint density at radius 3 is 1.17 bits per heavy atom. The van der Waals surface area contributed by atoms with Gasteiger partial charge in [0.25, 0.3) is 0 Å². The number of methoxy groups -OCH3 is 1. The lowest BCUT2D eigenvalue weighted by Crippen LogP contribution is -2.18. The summed E-state index contributed by atoms with van der Waals surface area (Å²) in [6, 6.07) is 119. The summed E-state index contributed by atoms with van der Waals surface area (Å²) in [5.74, 6) is 0.558. The van der Waals surface area contributed by atoms with Crippen molar-refractivity contribution >= 4 is 143 Å². The summed E-state index contributed by atoms with van der Waals surface area (Å²) in [4.78, 5) is 5.50. The molecule has 0 radical (unpaired) electrons. The number of aliphatic imine (C=N–C) groups is 1. The van der Waals surface area contributed by atoms with Crippen LogP contribution in [-0.4, -0.2) is 43.0 Å². The number of ether oxygens (including phenoxy) is 1. The first kappa shape index (κ1) is 83.7. The molecular weight excluding hydrogens is 1640 g/mol. The van der Waals surface area contributed by atoms with Crippen LogP contribution in [0.15, 0.2) is 344 Å². The fraction of sp³-hybridized carbons (Fsp3) is 0.151. The normalized spacial score (nSPS) is 13.2. The lowest BCUT2D eigenvalue weighted by Gasteiger charge is -2.27. The molecule has 0 saturated carbocycles. The number of nitriles is 2. The lowest BCUT2D eigenvalue weighted by molar-refractivity contribution is 0.413. The summed E-state index contributed by atoms with van der Waals surface area (Å²) in [5.41, 5.74) is 24.8. The predicted octanol–water partition coefficient (Wildman–Crippen LogP) is 31.6. The molecule has 0 N–H and O–H groups in total. The second-order valence-electron chi connectivity index (χ2n) is 39.0. The topological polar surface area (TPSA) is 93.8 Å². The molecular formula is C119H97BF2N8OS. The Hall–Kier alpha value is -15.1. The van der Waals surface area contributed by atoms with Gasteiger partial charge in [0.05, 0.1) is 95.8 Å². The maximum absolute atomic E-state index is 16.4. The van der Waals surface area contributed by atoms with Crippen molar-refractivity contribution in [2.24, 2.45) is 4.99 Å². The van der Waals surface area contributed by atoms with Gasteiger partial charge in [-0.3, -0.25) is 8.63 Å². The number of aryl methyl sites for hydroxylation is 1. The number of benzene rings is 15. The van der Waals surface area contributed by atoms with Crippen molar-refractivity contribution < 1.29 is 13.4 Å².